The lowest BCUT2D eigenvalue weighted by Gasteiger charge is -2.35. The molecule has 1 aromatic carbocycles. The number of aromatic nitrogens is 1. The number of nitrogens with one attached hydrogen (secondary N) is 2. The largest absolute Gasteiger partial charge is 0.355 e. The fraction of sp³-hybridized carbons (Fsp3) is 0.500. The first kappa shape index (κ1) is 19.3. The number of rotatable bonds is 4. The minimum Gasteiger partial charge on any atom is -0.355 e. The van der Waals surface area contributed by atoms with Crippen LogP contribution in [0.5, 0.6) is 0 Å². The zero-order valence-corrected chi connectivity index (χ0v) is 16.7. The lowest BCUT2D eigenvalue weighted by Crippen LogP contribution is -2.35. The first-order valence-corrected chi connectivity index (χ1v) is 9.70. The number of fused-ring (bicyclic) bond motifs is 2. The summed E-state index contributed by atoms with van der Waals surface area (Å²) < 4.78 is 0. The molecule has 0 aliphatic heterocycles. The molecule has 2 aromatic rings. The number of para-hydroxylation sites is 1. The van der Waals surface area contributed by atoms with Crippen LogP contribution in [0.4, 0.5) is 0 Å². The molecule has 5 nitrogen and oxygen atoms in total. The van der Waals surface area contributed by atoms with Crippen molar-refractivity contribution in [1.82, 2.24) is 15.6 Å². The number of aryl methyl sites for hydroxylation is 1. The normalized spacial score (nSPS) is 16.7. The number of hydrogen-bond donors (Lipinski definition) is 2. The van der Waals surface area contributed by atoms with Crippen molar-refractivity contribution in [1.29, 1.82) is 0 Å². The maximum absolute atomic E-state index is 13.1. The Labute approximate surface area is 160 Å². The van der Waals surface area contributed by atoms with Crippen molar-refractivity contribution >= 4 is 22.7 Å². The minimum absolute atomic E-state index is 0.0789. The van der Waals surface area contributed by atoms with Crippen LogP contribution in [0, 0.1) is 11.3 Å². The first-order valence-electron chi connectivity index (χ1n) is 9.70. The van der Waals surface area contributed by atoms with Gasteiger partial charge in [-0.25, -0.2) is 0 Å². The van der Waals surface area contributed by atoms with Crippen molar-refractivity contribution in [3.8, 4) is 0 Å². The number of carbonyl (C=O) groups excluding carboxylic acids is 2. The highest BCUT2D eigenvalue weighted by atomic mass is 16.2. The van der Waals surface area contributed by atoms with Gasteiger partial charge in [0, 0.05) is 31.1 Å². The Bertz CT molecular complexity index is 868. The molecular formula is C22H29N3O2. The van der Waals surface area contributed by atoms with Crippen LogP contribution in [0.3, 0.4) is 0 Å². The molecular weight excluding hydrogens is 338 g/mol. The van der Waals surface area contributed by atoms with E-state index in [0.29, 0.717) is 19.0 Å². The van der Waals surface area contributed by atoms with Gasteiger partial charge in [0.1, 0.15) is 0 Å². The van der Waals surface area contributed by atoms with Gasteiger partial charge in [-0.05, 0) is 42.2 Å². The van der Waals surface area contributed by atoms with Crippen molar-refractivity contribution < 1.29 is 9.59 Å². The van der Waals surface area contributed by atoms with E-state index >= 15 is 0 Å². The molecule has 0 fully saturated rings. The molecule has 1 heterocycles. The predicted octanol–water partition coefficient (Wildman–Crippen LogP) is 3.25. The average Bonchev–Trinajstić information content (AvgIpc) is 2.61. The summed E-state index contributed by atoms with van der Waals surface area (Å²) in [5.74, 6) is 0.354. The summed E-state index contributed by atoms with van der Waals surface area (Å²) >= 11 is 0. The van der Waals surface area contributed by atoms with Gasteiger partial charge >= 0.3 is 0 Å². The van der Waals surface area contributed by atoms with E-state index in [9.17, 15) is 9.59 Å². The average molecular weight is 367 g/mol. The molecule has 1 aliphatic carbocycles. The third-order valence-electron chi connectivity index (χ3n) is 5.50. The molecule has 27 heavy (non-hydrogen) atoms. The van der Waals surface area contributed by atoms with Gasteiger partial charge in [0.15, 0.2) is 0 Å². The van der Waals surface area contributed by atoms with Crippen LogP contribution in [0.25, 0.3) is 10.9 Å². The number of nitrogens with zero attached hydrogens (tertiary/aromatic N) is 1. The SMILES string of the molecule is CC(=O)NCCNC(=O)c1c2c(nc3ccccc13)CC[C@H](C(C)(C)C)C2. The van der Waals surface area contributed by atoms with E-state index in [2.05, 4.69) is 31.4 Å². The van der Waals surface area contributed by atoms with Gasteiger partial charge in [-0.15, -0.1) is 0 Å². The van der Waals surface area contributed by atoms with E-state index in [4.69, 9.17) is 4.98 Å². The Morgan fingerprint density at radius 3 is 2.56 bits per heavy atom. The summed E-state index contributed by atoms with van der Waals surface area (Å²) in [6, 6.07) is 7.86. The number of carbonyl (C=O) groups is 2. The third kappa shape index (κ3) is 4.29. The van der Waals surface area contributed by atoms with Gasteiger partial charge in [0.2, 0.25) is 5.91 Å². The quantitative estimate of drug-likeness (QED) is 0.815. The van der Waals surface area contributed by atoms with E-state index < -0.39 is 0 Å². The molecule has 2 N–H and O–H groups in total. The first-order chi connectivity index (χ1) is 12.8. The van der Waals surface area contributed by atoms with Crippen molar-refractivity contribution in [2.75, 3.05) is 13.1 Å². The van der Waals surface area contributed by atoms with Crippen LogP contribution in [0.15, 0.2) is 24.3 Å². The highest BCUT2D eigenvalue weighted by Gasteiger charge is 2.32. The van der Waals surface area contributed by atoms with Crippen LogP contribution in [-0.2, 0) is 17.6 Å². The Hall–Kier alpha value is -2.43. The molecule has 0 spiro atoms. The molecule has 2 amide bonds. The van der Waals surface area contributed by atoms with E-state index in [1.165, 1.54) is 6.92 Å². The zero-order chi connectivity index (χ0) is 19.6. The van der Waals surface area contributed by atoms with Crippen LogP contribution >= 0.6 is 0 Å². The number of pyridine rings is 1. The Balaban J connectivity index is 1.96. The standard InChI is InChI=1S/C22H29N3O2/c1-14(26)23-11-12-24-21(27)20-16-7-5-6-8-18(16)25-19-10-9-15(13-17(19)20)22(2,3)4/h5-8,15H,9-13H2,1-4H3,(H,23,26)(H,24,27)/t15-/m0/s1. The van der Waals surface area contributed by atoms with Gasteiger partial charge in [-0.3, -0.25) is 14.6 Å². The van der Waals surface area contributed by atoms with E-state index in [1.807, 2.05) is 24.3 Å². The molecule has 5 heteroatoms. The Kier molecular flexibility index (Phi) is 5.49. The molecule has 0 bridgehead atoms. The fourth-order valence-corrected chi connectivity index (χ4v) is 3.89. The lowest BCUT2D eigenvalue weighted by molar-refractivity contribution is -0.118. The third-order valence-corrected chi connectivity index (χ3v) is 5.50. The Morgan fingerprint density at radius 1 is 1.15 bits per heavy atom. The van der Waals surface area contributed by atoms with Gasteiger partial charge in [-0.1, -0.05) is 39.0 Å². The lowest BCUT2D eigenvalue weighted by atomic mass is 9.70. The van der Waals surface area contributed by atoms with E-state index in [1.54, 1.807) is 0 Å². The van der Waals surface area contributed by atoms with E-state index in [-0.39, 0.29) is 17.2 Å². The molecule has 0 saturated carbocycles. The van der Waals surface area contributed by atoms with Crippen molar-refractivity contribution in [3.63, 3.8) is 0 Å². The second-order valence-electron chi connectivity index (χ2n) is 8.47. The summed E-state index contributed by atoms with van der Waals surface area (Å²) in [5.41, 5.74) is 3.98. The highest BCUT2D eigenvalue weighted by molar-refractivity contribution is 6.07. The second-order valence-corrected chi connectivity index (χ2v) is 8.47. The topological polar surface area (TPSA) is 71.1 Å². The molecule has 144 valence electrons. The van der Waals surface area contributed by atoms with Crippen LogP contribution in [0.1, 0.15) is 55.7 Å². The number of hydrogen-bond acceptors (Lipinski definition) is 3. The van der Waals surface area contributed by atoms with Crippen molar-refractivity contribution in [2.45, 2.75) is 47.0 Å². The molecule has 0 saturated heterocycles. The van der Waals surface area contributed by atoms with Crippen LogP contribution in [0.2, 0.25) is 0 Å². The fourth-order valence-electron chi connectivity index (χ4n) is 3.89. The van der Waals surface area contributed by atoms with Crippen LogP contribution in [-0.4, -0.2) is 29.9 Å². The minimum atomic E-state index is -0.0935. The Morgan fingerprint density at radius 2 is 1.85 bits per heavy atom. The molecule has 1 aromatic heterocycles. The molecule has 0 radical (unpaired) electrons. The summed E-state index contributed by atoms with van der Waals surface area (Å²) in [6.45, 7) is 9.11. The van der Waals surface area contributed by atoms with Crippen LogP contribution < -0.4 is 10.6 Å². The van der Waals surface area contributed by atoms with Gasteiger partial charge in [0.05, 0.1) is 11.1 Å². The maximum Gasteiger partial charge on any atom is 0.252 e. The van der Waals surface area contributed by atoms with Gasteiger partial charge in [-0.2, -0.15) is 0 Å². The number of amides is 2. The van der Waals surface area contributed by atoms with Gasteiger partial charge < -0.3 is 10.6 Å². The molecule has 1 aliphatic rings. The van der Waals surface area contributed by atoms with E-state index in [0.717, 1.165) is 47.0 Å². The smallest absolute Gasteiger partial charge is 0.252 e. The highest BCUT2D eigenvalue weighted by Crippen LogP contribution is 2.39. The molecule has 3 rings (SSSR count). The monoisotopic (exact) mass is 367 g/mol. The second kappa shape index (κ2) is 7.67. The number of benzene rings is 1. The summed E-state index contributed by atoms with van der Waals surface area (Å²) in [6.07, 6.45) is 2.89. The summed E-state index contributed by atoms with van der Waals surface area (Å²) in [5, 5.41) is 6.59. The van der Waals surface area contributed by atoms with Gasteiger partial charge in [0.25, 0.3) is 5.91 Å². The summed E-state index contributed by atoms with van der Waals surface area (Å²) in [7, 11) is 0. The maximum atomic E-state index is 13.1. The predicted molar refractivity (Wildman–Crippen MR) is 108 cm³/mol. The van der Waals surface area contributed by atoms with Crippen molar-refractivity contribution in [3.05, 3.63) is 41.1 Å². The van der Waals surface area contributed by atoms with Crippen molar-refractivity contribution in [2.24, 2.45) is 11.3 Å². The summed E-state index contributed by atoms with van der Waals surface area (Å²) in [4.78, 5) is 29.0. The molecule has 0 unspecified atom stereocenters. The zero-order valence-electron chi connectivity index (χ0n) is 16.7. The molecule has 1 atom stereocenters.